The molecule has 104 valence electrons. The zero-order valence-electron chi connectivity index (χ0n) is 11.5. The highest BCUT2D eigenvalue weighted by Gasteiger charge is 1.95. The number of carbonyl (C=O) groups excluding carboxylic acids is 1. The molecule has 0 atom stereocenters. The fraction of sp³-hybridized carbons (Fsp3) is 0.400. The number of rotatable bonds is 8. The average molecular weight is 263 g/mol. The molecule has 0 unspecified atom stereocenters. The summed E-state index contributed by atoms with van der Waals surface area (Å²) in [6.07, 6.45) is 4.13. The van der Waals surface area contributed by atoms with Gasteiger partial charge in [-0.25, -0.2) is 4.79 Å². The van der Waals surface area contributed by atoms with E-state index in [4.69, 9.17) is 9.47 Å². The summed E-state index contributed by atoms with van der Waals surface area (Å²) < 4.78 is 9.94. The Morgan fingerprint density at radius 1 is 1.42 bits per heavy atom. The number of esters is 1. The maximum Gasteiger partial charge on any atom is 0.330 e. The average Bonchev–Trinajstić information content (AvgIpc) is 2.43. The van der Waals surface area contributed by atoms with Crippen molar-refractivity contribution in [3.63, 3.8) is 0 Å². The maximum atomic E-state index is 11.0. The SMILES string of the molecule is CCOC(=O)/C=C/CNCCc1cccc(OC)c1. The summed E-state index contributed by atoms with van der Waals surface area (Å²) in [7, 11) is 1.66. The van der Waals surface area contributed by atoms with Gasteiger partial charge in [-0.2, -0.15) is 0 Å². The lowest BCUT2D eigenvalue weighted by Crippen LogP contribution is -2.17. The van der Waals surface area contributed by atoms with E-state index in [1.165, 1.54) is 11.6 Å². The van der Waals surface area contributed by atoms with E-state index in [1.54, 1.807) is 20.1 Å². The Balaban J connectivity index is 2.18. The molecular weight excluding hydrogens is 242 g/mol. The Morgan fingerprint density at radius 2 is 2.26 bits per heavy atom. The van der Waals surface area contributed by atoms with Gasteiger partial charge < -0.3 is 14.8 Å². The third kappa shape index (κ3) is 6.62. The smallest absolute Gasteiger partial charge is 0.330 e. The van der Waals surface area contributed by atoms with Crippen LogP contribution in [0.2, 0.25) is 0 Å². The molecule has 0 spiro atoms. The van der Waals surface area contributed by atoms with Gasteiger partial charge in [0.15, 0.2) is 0 Å². The summed E-state index contributed by atoms with van der Waals surface area (Å²) in [5, 5.41) is 3.23. The van der Waals surface area contributed by atoms with Gasteiger partial charge in [-0.1, -0.05) is 18.2 Å². The Bertz CT molecular complexity index is 416. The van der Waals surface area contributed by atoms with Crippen molar-refractivity contribution in [2.45, 2.75) is 13.3 Å². The molecule has 0 radical (unpaired) electrons. The summed E-state index contributed by atoms with van der Waals surface area (Å²) in [6.45, 7) is 3.70. The first-order valence-electron chi connectivity index (χ1n) is 6.43. The lowest BCUT2D eigenvalue weighted by Gasteiger charge is -2.04. The minimum atomic E-state index is -0.294. The third-order valence-electron chi connectivity index (χ3n) is 2.53. The summed E-state index contributed by atoms with van der Waals surface area (Å²) in [5.74, 6) is 0.580. The molecule has 0 saturated heterocycles. The van der Waals surface area contributed by atoms with Gasteiger partial charge in [-0.05, 0) is 37.6 Å². The molecule has 0 aliphatic carbocycles. The van der Waals surface area contributed by atoms with Gasteiger partial charge in [-0.3, -0.25) is 0 Å². The molecular formula is C15H21NO3. The molecule has 0 fully saturated rings. The highest BCUT2D eigenvalue weighted by atomic mass is 16.5. The van der Waals surface area contributed by atoms with E-state index >= 15 is 0 Å². The molecule has 0 aliphatic rings. The van der Waals surface area contributed by atoms with Gasteiger partial charge in [0, 0.05) is 12.6 Å². The van der Waals surface area contributed by atoms with Crippen molar-refractivity contribution in [3.8, 4) is 5.75 Å². The van der Waals surface area contributed by atoms with Crippen LogP contribution < -0.4 is 10.1 Å². The van der Waals surface area contributed by atoms with Gasteiger partial charge in [-0.15, -0.1) is 0 Å². The second-order valence-corrected chi connectivity index (χ2v) is 3.96. The predicted octanol–water partition coefficient (Wildman–Crippen LogP) is 1.95. The summed E-state index contributed by atoms with van der Waals surface area (Å²) in [6, 6.07) is 8.00. The molecule has 1 rings (SSSR count). The molecule has 1 aromatic carbocycles. The first-order chi connectivity index (χ1) is 9.26. The first-order valence-corrected chi connectivity index (χ1v) is 6.43. The number of benzene rings is 1. The Labute approximate surface area is 114 Å². The molecule has 4 nitrogen and oxygen atoms in total. The van der Waals surface area contributed by atoms with Crippen LogP contribution in [0.4, 0.5) is 0 Å². The van der Waals surface area contributed by atoms with E-state index in [2.05, 4.69) is 11.4 Å². The fourth-order valence-electron chi connectivity index (χ4n) is 1.59. The van der Waals surface area contributed by atoms with E-state index in [9.17, 15) is 4.79 Å². The highest BCUT2D eigenvalue weighted by molar-refractivity contribution is 5.81. The first kappa shape index (κ1) is 15.2. The molecule has 0 bridgehead atoms. The molecule has 0 aromatic heterocycles. The van der Waals surface area contributed by atoms with Crippen LogP contribution >= 0.6 is 0 Å². The van der Waals surface area contributed by atoms with Gasteiger partial charge in [0.1, 0.15) is 5.75 Å². The van der Waals surface area contributed by atoms with Gasteiger partial charge in [0.25, 0.3) is 0 Å². The Kier molecular flexibility index (Phi) is 7.35. The summed E-state index contributed by atoms with van der Waals surface area (Å²) in [5.41, 5.74) is 1.22. The van der Waals surface area contributed by atoms with Crippen LogP contribution in [0.25, 0.3) is 0 Å². The van der Waals surface area contributed by atoms with Crippen LogP contribution in [-0.4, -0.2) is 32.8 Å². The number of nitrogens with one attached hydrogen (secondary N) is 1. The number of carbonyl (C=O) groups is 1. The summed E-state index contributed by atoms with van der Waals surface area (Å²) in [4.78, 5) is 11.0. The van der Waals surface area contributed by atoms with E-state index < -0.39 is 0 Å². The monoisotopic (exact) mass is 263 g/mol. The van der Waals surface area contributed by atoms with Gasteiger partial charge >= 0.3 is 5.97 Å². The molecule has 0 heterocycles. The predicted molar refractivity (Wildman–Crippen MR) is 75.3 cm³/mol. The lowest BCUT2D eigenvalue weighted by molar-refractivity contribution is -0.137. The Hall–Kier alpha value is -1.81. The number of ether oxygens (including phenoxy) is 2. The number of methoxy groups -OCH3 is 1. The summed E-state index contributed by atoms with van der Waals surface area (Å²) >= 11 is 0. The molecule has 0 saturated carbocycles. The van der Waals surface area contributed by atoms with E-state index in [1.807, 2.05) is 18.2 Å². The van der Waals surface area contributed by atoms with Crippen LogP contribution in [0.15, 0.2) is 36.4 Å². The molecule has 4 heteroatoms. The van der Waals surface area contributed by atoms with Crippen LogP contribution in [0, 0.1) is 0 Å². The van der Waals surface area contributed by atoms with Crippen molar-refractivity contribution in [3.05, 3.63) is 42.0 Å². The lowest BCUT2D eigenvalue weighted by atomic mass is 10.1. The van der Waals surface area contributed by atoms with Crippen molar-refractivity contribution in [1.82, 2.24) is 5.32 Å². The van der Waals surface area contributed by atoms with Crippen molar-refractivity contribution in [1.29, 1.82) is 0 Å². The standard InChI is InChI=1S/C15H21NO3/c1-3-19-15(17)8-5-10-16-11-9-13-6-4-7-14(12-13)18-2/h4-8,12,16H,3,9-11H2,1-2H3/b8-5+. The maximum absolute atomic E-state index is 11.0. The topological polar surface area (TPSA) is 47.6 Å². The number of hydrogen-bond donors (Lipinski definition) is 1. The normalized spacial score (nSPS) is 10.6. The Morgan fingerprint density at radius 3 is 3.00 bits per heavy atom. The molecule has 0 amide bonds. The zero-order chi connectivity index (χ0) is 13.9. The van der Waals surface area contributed by atoms with Crippen molar-refractivity contribution in [2.75, 3.05) is 26.8 Å². The van der Waals surface area contributed by atoms with E-state index in [0.717, 1.165) is 18.7 Å². The molecule has 19 heavy (non-hydrogen) atoms. The van der Waals surface area contributed by atoms with Crippen LogP contribution in [0.1, 0.15) is 12.5 Å². The second kappa shape index (κ2) is 9.16. The van der Waals surface area contributed by atoms with Crippen molar-refractivity contribution < 1.29 is 14.3 Å². The minimum absolute atomic E-state index is 0.294. The van der Waals surface area contributed by atoms with E-state index in [0.29, 0.717) is 13.2 Å². The van der Waals surface area contributed by atoms with Crippen molar-refractivity contribution >= 4 is 5.97 Å². The number of hydrogen-bond acceptors (Lipinski definition) is 4. The quantitative estimate of drug-likeness (QED) is 0.442. The van der Waals surface area contributed by atoms with Gasteiger partial charge in [0.2, 0.25) is 0 Å². The van der Waals surface area contributed by atoms with E-state index in [-0.39, 0.29) is 5.97 Å². The molecule has 1 aromatic rings. The highest BCUT2D eigenvalue weighted by Crippen LogP contribution is 2.12. The van der Waals surface area contributed by atoms with Crippen LogP contribution in [-0.2, 0) is 16.0 Å². The minimum Gasteiger partial charge on any atom is -0.497 e. The fourth-order valence-corrected chi connectivity index (χ4v) is 1.59. The second-order valence-electron chi connectivity index (χ2n) is 3.96. The largest absolute Gasteiger partial charge is 0.497 e. The van der Waals surface area contributed by atoms with Crippen LogP contribution in [0.5, 0.6) is 5.75 Å². The van der Waals surface area contributed by atoms with Crippen LogP contribution in [0.3, 0.4) is 0 Å². The molecule has 0 aliphatic heterocycles. The molecule has 1 N–H and O–H groups in total. The third-order valence-corrected chi connectivity index (χ3v) is 2.53. The van der Waals surface area contributed by atoms with Gasteiger partial charge in [0.05, 0.1) is 13.7 Å². The zero-order valence-corrected chi connectivity index (χ0v) is 11.5. The van der Waals surface area contributed by atoms with Crippen molar-refractivity contribution in [2.24, 2.45) is 0 Å².